The molecule has 1 amide bonds. The monoisotopic (exact) mass is 513 g/mol. The Morgan fingerprint density at radius 1 is 1.13 bits per heavy atom. The average Bonchev–Trinajstić information content (AvgIpc) is 3.56. The number of pyridine rings is 2. The number of hydrogen-bond acceptors (Lipinski definition) is 7. The number of amides is 1. The maximum absolute atomic E-state index is 13.7. The van der Waals surface area contributed by atoms with Crippen LogP contribution in [-0.4, -0.2) is 58.7 Å². The summed E-state index contributed by atoms with van der Waals surface area (Å²) in [5.41, 5.74) is 5.41. The van der Waals surface area contributed by atoms with Crippen molar-refractivity contribution >= 4 is 28.7 Å². The predicted octanol–water partition coefficient (Wildman–Crippen LogP) is 3.48. The van der Waals surface area contributed by atoms with E-state index in [2.05, 4.69) is 36.9 Å². The number of anilines is 3. The van der Waals surface area contributed by atoms with Gasteiger partial charge in [0.2, 0.25) is 0 Å². The normalized spacial score (nSPS) is 19.0. The van der Waals surface area contributed by atoms with E-state index in [4.69, 9.17) is 4.74 Å². The molecule has 3 N–H and O–H groups in total. The fraction of sp³-hybridized carbons (Fsp3) is 0.321. The summed E-state index contributed by atoms with van der Waals surface area (Å²) in [5.74, 6) is 0.183. The Bertz CT molecular complexity index is 1520. The molecule has 194 valence electrons. The summed E-state index contributed by atoms with van der Waals surface area (Å²) < 4.78 is 21.4. The lowest BCUT2D eigenvalue weighted by molar-refractivity contribution is 0.0407. The van der Waals surface area contributed by atoms with E-state index in [-0.39, 0.29) is 17.8 Å². The van der Waals surface area contributed by atoms with E-state index in [0.717, 1.165) is 42.1 Å². The second-order valence-corrected chi connectivity index (χ2v) is 10.1. The second kappa shape index (κ2) is 9.38. The molecule has 5 heterocycles. The number of hydrogen-bond donors (Lipinski definition) is 3. The molecule has 1 unspecified atom stereocenters. The highest BCUT2D eigenvalue weighted by Gasteiger charge is 2.28. The summed E-state index contributed by atoms with van der Waals surface area (Å²) in [7, 11) is 0. The molecule has 0 radical (unpaired) electrons. The van der Waals surface area contributed by atoms with Crippen molar-refractivity contribution in [2.75, 3.05) is 36.5 Å². The van der Waals surface area contributed by atoms with E-state index in [1.54, 1.807) is 12.4 Å². The third-order valence-corrected chi connectivity index (χ3v) is 7.44. The van der Waals surface area contributed by atoms with Gasteiger partial charge in [0.15, 0.2) is 0 Å². The molecule has 2 fully saturated rings. The zero-order valence-corrected chi connectivity index (χ0v) is 20.8. The topological polar surface area (TPSA) is 95.8 Å². The number of nitrogens with one attached hydrogen (secondary N) is 3. The fourth-order valence-corrected chi connectivity index (χ4v) is 5.30. The van der Waals surface area contributed by atoms with Crippen LogP contribution in [-0.2, 0) is 11.3 Å². The third kappa shape index (κ3) is 4.35. The summed E-state index contributed by atoms with van der Waals surface area (Å²) in [6.45, 7) is 3.65. The average molecular weight is 514 g/mol. The van der Waals surface area contributed by atoms with Gasteiger partial charge in [-0.05, 0) is 42.7 Å². The Morgan fingerprint density at radius 3 is 2.89 bits per heavy atom. The summed E-state index contributed by atoms with van der Waals surface area (Å²) in [4.78, 5) is 24.1. The number of carbonyl (C=O) groups excluding carboxylic acids is 1. The Balaban J connectivity index is 1.11. The maximum atomic E-state index is 13.7. The molecule has 1 aliphatic carbocycles. The largest absolute Gasteiger partial charge is 0.373 e. The van der Waals surface area contributed by atoms with Gasteiger partial charge in [0, 0.05) is 50.0 Å². The van der Waals surface area contributed by atoms with Crippen LogP contribution in [0.15, 0.2) is 55.0 Å². The summed E-state index contributed by atoms with van der Waals surface area (Å²) >= 11 is 0. The minimum atomic E-state index is -0.339. The summed E-state index contributed by atoms with van der Waals surface area (Å²) in [6.07, 6.45) is 7.94. The summed E-state index contributed by atoms with van der Waals surface area (Å²) in [6, 6.07) is 11.3. The minimum absolute atomic E-state index is 0.139. The molecule has 2 aliphatic heterocycles. The second-order valence-electron chi connectivity index (χ2n) is 10.1. The molecule has 0 bridgehead atoms. The lowest BCUT2D eigenvalue weighted by Crippen LogP contribution is -2.47. The van der Waals surface area contributed by atoms with E-state index < -0.39 is 0 Å². The standard InChI is InChI=1S/C28H28FN7O2/c29-17-7-8-36-24(15-32-26(36)11-17)21-4-5-23(27-22(21)14-33-28(27)37)34-25-6-3-19(12-31-25)35-9-10-38-20(16-35)13-30-18-1-2-18/h3-8,11-12,15,18,20,30H,1-2,9-10,13-14,16H2,(H,31,34)(H,33,37). The minimum Gasteiger partial charge on any atom is -0.373 e. The Kier molecular flexibility index (Phi) is 5.70. The highest BCUT2D eigenvalue weighted by atomic mass is 19.1. The highest BCUT2D eigenvalue weighted by molar-refractivity contribution is 6.06. The first kappa shape index (κ1) is 23.1. The Labute approximate surface area is 219 Å². The van der Waals surface area contributed by atoms with E-state index in [9.17, 15) is 9.18 Å². The van der Waals surface area contributed by atoms with Gasteiger partial charge in [-0.25, -0.2) is 14.4 Å². The summed E-state index contributed by atoms with van der Waals surface area (Å²) in [5, 5.41) is 9.82. The molecule has 3 aromatic heterocycles. The number of rotatable bonds is 7. The molecule has 1 atom stereocenters. The van der Waals surface area contributed by atoms with E-state index in [0.29, 0.717) is 41.9 Å². The van der Waals surface area contributed by atoms with Crippen LogP contribution in [0.25, 0.3) is 16.9 Å². The molecule has 1 saturated heterocycles. The number of nitrogens with zero attached hydrogens (tertiary/aromatic N) is 4. The first-order valence-corrected chi connectivity index (χ1v) is 13.0. The van der Waals surface area contributed by atoms with Crippen molar-refractivity contribution in [3.8, 4) is 11.3 Å². The number of carbonyl (C=O) groups is 1. The van der Waals surface area contributed by atoms with Gasteiger partial charge in [-0.3, -0.25) is 9.20 Å². The first-order valence-electron chi connectivity index (χ1n) is 13.0. The third-order valence-electron chi connectivity index (χ3n) is 7.44. The Hall–Kier alpha value is -4.02. The molecule has 38 heavy (non-hydrogen) atoms. The molecule has 3 aliphatic rings. The van der Waals surface area contributed by atoms with Gasteiger partial charge in [0.1, 0.15) is 17.3 Å². The van der Waals surface area contributed by atoms with Gasteiger partial charge in [-0.15, -0.1) is 0 Å². The van der Waals surface area contributed by atoms with Crippen molar-refractivity contribution in [2.24, 2.45) is 0 Å². The van der Waals surface area contributed by atoms with Crippen molar-refractivity contribution < 1.29 is 13.9 Å². The van der Waals surface area contributed by atoms with Crippen LogP contribution in [0.3, 0.4) is 0 Å². The van der Waals surface area contributed by atoms with Gasteiger partial charge in [0.25, 0.3) is 5.91 Å². The van der Waals surface area contributed by atoms with Gasteiger partial charge in [-0.1, -0.05) is 6.07 Å². The van der Waals surface area contributed by atoms with Gasteiger partial charge in [0.05, 0.1) is 47.7 Å². The zero-order valence-electron chi connectivity index (χ0n) is 20.8. The van der Waals surface area contributed by atoms with Crippen LogP contribution in [0.4, 0.5) is 21.6 Å². The smallest absolute Gasteiger partial charge is 0.254 e. The molecule has 1 saturated carbocycles. The molecule has 7 rings (SSSR count). The highest BCUT2D eigenvalue weighted by Crippen LogP contribution is 2.35. The number of ether oxygens (including phenoxy) is 1. The van der Waals surface area contributed by atoms with Crippen molar-refractivity contribution in [3.63, 3.8) is 0 Å². The van der Waals surface area contributed by atoms with Gasteiger partial charge < -0.3 is 25.6 Å². The molecule has 10 heteroatoms. The van der Waals surface area contributed by atoms with E-state index in [1.807, 2.05) is 28.8 Å². The van der Waals surface area contributed by atoms with Gasteiger partial charge >= 0.3 is 0 Å². The SMILES string of the molecule is O=C1NCc2c(-c3cnc4cc(F)ccn34)ccc(Nc3ccc(N4CCOC(CNC5CC5)C4)cn3)c21. The van der Waals surface area contributed by atoms with Crippen LogP contribution < -0.4 is 20.9 Å². The molecule has 9 nitrogen and oxygen atoms in total. The molecular weight excluding hydrogens is 485 g/mol. The zero-order chi connectivity index (χ0) is 25.6. The Morgan fingerprint density at radius 2 is 2.05 bits per heavy atom. The number of imidazole rings is 1. The van der Waals surface area contributed by atoms with Crippen molar-refractivity contribution in [1.82, 2.24) is 25.0 Å². The number of halogens is 1. The van der Waals surface area contributed by atoms with Crippen molar-refractivity contribution in [2.45, 2.75) is 31.5 Å². The molecule has 0 spiro atoms. The lowest BCUT2D eigenvalue weighted by Gasteiger charge is -2.34. The van der Waals surface area contributed by atoms with Crippen LogP contribution in [0.1, 0.15) is 28.8 Å². The fourth-order valence-electron chi connectivity index (χ4n) is 5.30. The lowest BCUT2D eigenvalue weighted by atomic mass is 9.99. The number of benzene rings is 1. The first-order chi connectivity index (χ1) is 18.6. The van der Waals surface area contributed by atoms with Crippen LogP contribution in [0.5, 0.6) is 0 Å². The molecule has 4 aromatic rings. The van der Waals surface area contributed by atoms with Crippen LogP contribution in [0, 0.1) is 5.82 Å². The molecule has 1 aromatic carbocycles. The van der Waals surface area contributed by atoms with Crippen LogP contribution in [0.2, 0.25) is 0 Å². The van der Waals surface area contributed by atoms with Gasteiger partial charge in [-0.2, -0.15) is 0 Å². The number of fused-ring (bicyclic) bond motifs is 2. The predicted molar refractivity (Wildman–Crippen MR) is 142 cm³/mol. The van der Waals surface area contributed by atoms with Crippen LogP contribution >= 0.6 is 0 Å². The van der Waals surface area contributed by atoms with E-state index in [1.165, 1.54) is 25.0 Å². The number of aromatic nitrogens is 3. The van der Waals surface area contributed by atoms with Crippen molar-refractivity contribution in [1.29, 1.82) is 0 Å². The number of morpholine rings is 1. The maximum Gasteiger partial charge on any atom is 0.254 e. The quantitative estimate of drug-likeness (QED) is 0.348. The van der Waals surface area contributed by atoms with Crippen molar-refractivity contribution in [3.05, 3.63) is 71.9 Å². The van der Waals surface area contributed by atoms with E-state index >= 15 is 0 Å². The molecular formula is C28H28FN7O2.